The highest BCUT2D eigenvalue weighted by molar-refractivity contribution is 5.68. The van der Waals surface area contributed by atoms with E-state index in [1.165, 1.54) is 0 Å². The lowest BCUT2D eigenvalue weighted by Gasteiger charge is -2.24. The molecule has 1 N–H and O–H groups in total. The minimum absolute atomic E-state index is 0.0839. The quantitative estimate of drug-likeness (QED) is 0.800. The predicted molar refractivity (Wildman–Crippen MR) is 87.5 cm³/mol. The van der Waals surface area contributed by atoms with Gasteiger partial charge in [0.05, 0.1) is 0 Å². The Bertz CT molecular complexity index is 596. The monoisotopic (exact) mass is 377 g/mol. The maximum absolute atomic E-state index is 12.7. The van der Waals surface area contributed by atoms with Gasteiger partial charge in [-0.25, -0.2) is 4.79 Å². The summed E-state index contributed by atoms with van der Waals surface area (Å²) in [6, 6.07) is -0.0839. The molecule has 1 aliphatic carbocycles. The molecule has 1 heterocycles. The minimum Gasteiger partial charge on any atom is -0.444 e. The molecular formula is C17H26F3N3O3. The summed E-state index contributed by atoms with van der Waals surface area (Å²) in [5.74, 6) is -1.43. The number of alkyl carbamates (subject to hydrolysis) is 1. The number of nitrogens with one attached hydrogen (secondary N) is 1. The molecule has 1 aromatic rings. The Morgan fingerprint density at radius 2 is 1.81 bits per heavy atom. The number of rotatable bonds is 2. The lowest BCUT2D eigenvalue weighted by atomic mass is 9.95. The Morgan fingerprint density at radius 3 is 2.42 bits per heavy atom. The molecule has 0 radical (unpaired) electrons. The van der Waals surface area contributed by atoms with E-state index in [1.807, 2.05) is 0 Å². The van der Waals surface area contributed by atoms with Gasteiger partial charge in [0, 0.05) is 12.0 Å². The molecule has 2 rings (SSSR count). The van der Waals surface area contributed by atoms with Crippen molar-refractivity contribution in [3.8, 4) is 0 Å². The fourth-order valence-corrected chi connectivity index (χ4v) is 3.04. The number of amides is 1. The van der Waals surface area contributed by atoms with Gasteiger partial charge in [-0.05, 0) is 46.5 Å². The van der Waals surface area contributed by atoms with Crippen LogP contribution in [0.5, 0.6) is 0 Å². The van der Waals surface area contributed by atoms with Crippen LogP contribution >= 0.6 is 0 Å². The first-order valence-electron chi connectivity index (χ1n) is 8.95. The highest BCUT2D eigenvalue weighted by Gasteiger charge is 2.39. The van der Waals surface area contributed by atoms with E-state index in [0.29, 0.717) is 19.3 Å². The number of carbonyl (C=O) groups is 1. The molecule has 1 aliphatic rings. The van der Waals surface area contributed by atoms with E-state index < -0.39 is 23.8 Å². The van der Waals surface area contributed by atoms with Crippen LogP contribution in [-0.2, 0) is 10.9 Å². The van der Waals surface area contributed by atoms with Gasteiger partial charge in [-0.15, -0.1) is 0 Å². The Labute approximate surface area is 150 Å². The molecule has 1 fully saturated rings. The van der Waals surface area contributed by atoms with Crippen LogP contribution < -0.4 is 5.32 Å². The number of ether oxygens (including phenoxy) is 1. The van der Waals surface area contributed by atoms with E-state index in [-0.39, 0.29) is 17.8 Å². The highest BCUT2D eigenvalue weighted by Crippen LogP contribution is 2.32. The SMILES string of the molecule is CC(C)(C)OC(=O)NC1CCCCCC(c2noc(C(F)(F)F)n2)CC1. The number of hydrogen-bond acceptors (Lipinski definition) is 5. The van der Waals surface area contributed by atoms with Crippen LogP contribution in [0.1, 0.15) is 83.3 Å². The molecule has 148 valence electrons. The molecule has 0 aliphatic heterocycles. The Kier molecular flexibility index (Phi) is 6.52. The smallest absolute Gasteiger partial charge is 0.444 e. The van der Waals surface area contributed by atoms with Crippen molar-refractivity contribution in [3.05, 3.63) is 11.7 Å². The second kappa shape index (κ2) is 8.26. The molecule has 0 spiro atoms. The first kappa shape index (κ1) is 20.5. The zero-order valence-electron chi connectivity index (χ0n) is 15.4. The maximum Gasteiger partial charge on any atom is 0.471 e. The molecule has 0 aromatic carbocycles. The van der Waals surface area contributed by atoms with Gasteiger partial charge in [0.1, 0.15) is 5.60 Å². The summed E-state index contributed by atoms with van der Waals surface area (Å²) in [6.07, 6.45) is 0.362. The molecule has 0 bridgehead atoms. The summed E-state index contributed by atoms with van der Waals surface area (Å²) in [7, 11) is 0. The maximum atomic E-state index is 12.7. The van der Waals surface area contributed by atoms with Crippen LogP contribution in [0.2, 0.25) is 0 Å². The molecule has 1 saturated carbocycles. The van der Waals surface area contributed by atoms with Gasteiger partial charge in [0.15, 0.2) is 5.82 Å². The fraction of sp³-hybridized carbons (Fsp3) is 0.824. The summed E-state index contributed by atoms with van der Waals surface area (Å²) in [5.41, 5.74) is -0.580. The fourth-order valence-electron chi connectivity index (χ4n) is 3.04. The Balaban J connectivity index is 1.99. The van der Waals surface area contributed by atoms with Crippen LogP contribution in [0.15, 0.2) is 4.52 Å². The van der Waals surface area contributed by atoms with Crippen molar-refractivity contribution in [2.24, 2.45) is 0 Å². The average molecular weight is 377 g/mol. The molecule has 26 heavy (non-hydrogen) atoms. The van der Waals surface area contributed by atoms with E-state index in [4.69, 9.17) is 4.74 Å². The Morgan fingerprint density at radius 1 is 1.12 bits per heavy atom. The van der Waals surface area contributed by atoms with Gasteiger partial charge in [0.2, 0.25) is 0 Å². The largest absolute Gasteiger partial charge is 0.471 e. The molecule has 0 saturated heterocycles. The molecule has 2 atom stereocenters. The van der Waals surface area contributed by atoms with Gasteiger partial charge in [-0.1, -0.05) is 24.4 Å². The number of halogens is 3. The van der Waals surface area contributed by atoms with Crippen molar-refractivity contribution in [3.63, 3.8) is 0 Å². The van der Waals surface area contributed by atoms with Crippen LogP contribution in [0.4, 0.5) is 18.0 Å². The first-order valence-corrected chi connectivity index (χ1v) is 8.95. The molecular weight excluding hydrogens is 351 g/mol. The molecule has 9 heteroatoms. The number of aromatic nitrogens is 2. The lowest BCUT2D eigenvalue weighted by molar-refractivity contribution is -0.159. The average Bonchev–Trinajstić information content (AvgIpc) is 2.98. The van der Waals surface area contributed by atoms with Gasteiger partial charge in [-0.2, -0.15) is 18.2 Å². The summed E-state index contributed by atoms with van der Waals surface area (Å²) in [6.45, 7) is 5.38. The summed E-state index contributed by atoms with van der Waals surface area (Å²) in [5, 5.41) is 6.39. The zero-order chi connectivity index (χ0) is 19.4. The number of alkyl halides is 3. The summed E-state index contributed by atoms with van der Waals surface area (Å²) < 4.78 is 47.6. The van der Waals surface area contributed by atoms with E-state index in [1.54, 1.807) is 20.8 Å². The van der Waals surface area contributed by atoms with Crippen molar-refractivity contribution >= 4 is 6.09 Å². The third-order valence-electron chi connectivity index (χ3n) is 4.24. The van der Waals surface area contributed by atoms with Crippen molar-refractivity contribution in [2.45, 2.75) is 89.5 Å². The summed E-state index contributed by atoms with van der Waals surface area (Å²) >= 11 is 0. The van der Waals surface area contributed by atoms with Crippen LogP contribution in [0.25, 0.3) is 0 Å². The van der Waals surface area contributed by atoms with E-state index in [2.05, 4.69) is 20.0 Å². The third-order valence-corrected chi connectivity index (χ3v) is 4.24. The Hall–Kier alpha value is -1.80. The number of hydrogen-bond donors (Lipinski definition) is 1. The van der Waals surface area contributed by atoms with Crippen molar-refractivity contribution in [2.75, 3.05) is 0 Å². The zero-order valence-corrected chi connectivity index (χ0v) is 15.4. The van der Waals surface area contributed by atoms with E-state index in [9.17, 15) is 18.0 Å². The summed E-state index contributed by atoms with van der Waals surface area (Å²) in [4.78, 5) is 15.5. The first-order chi connectivity index (χ1) is 12.0. The second-order valence-corrected chi connectivity index (χ2v) is 7.71. The van der Waals surface area contributed by atoms with Gasteiger partial charge in [-0.3, -0.25) is 0 Å². The molecule has 1 amide bonds. The van der Waals surface area contributed by atoms with Crippen molar-refractivity contribution in [1.29, 1.82) is 0 Å². The normalized spacial score (nSPS) is 22.8. The van der Waals surface area contributed by atoms with Gasteiger partial charge < -0.3 is 14.6 Å². The van der Waals surface area contributed by atoms with E-state index >= 15 is 0 Å². The van der Waals surface area contributed by atoms with Crippen LogP contribution in [-0.4, -0.2) is 27.9 Å². The van der Waals surface area contributed by atoms with Crippen molar-refractivity contribution < 1.29 is 27.2 Å². The topological polar surface area (TPSA) is 77.2 Å². The van der Waals surface area contributed by atoms with Gasteiger partial charge in [0.25, 0.3) is 0 Å². The van der Waals surface area contributed by atoms with Crippen molar-refractivity contribution in [1.82, 2.24) is 15.5 Å². The second-order valence-electron chi connectivity index (χ2n) is 7.71. The predicted octanol–water partition coefficient (Wildman–Crippen LogP) is 4.81. The van der Waals surface area contributed by atoms with Crippen LogP contribution in [0, 0.1) is 0 Å². The number of carbonyl (C=O) groups excluding carboxylic acids is 1. The third kappa shape index (κ3) is 6.49. The number of nitrogens with zero attached hydrogens (tertiary/aromatic N) is 2. The molecule has 6 nitrogen and oxygen atoms in total. The minimum atomic E-state index is -4.63. The molecule has 1 aromatic heterocycles. The van der Waals surface area contributed by atoms with E-state index in [0.717, 1.165) is 25.7 Å². The molecule has 2 unspecified atom stereocenters. The lowest BCUT2D eigenvalue weighted by Crippen LogP contribution is -2.39. The highest BCUT2D eigenvalue weighted by atomic mass is 19.4. The van der Waals surface area contributed by atoms with Gasteiger partial charge >= 0.3 is 18.2 Å². The van der Waals surface area contributed by atoms with Crippen LogP contribution in [0.3, 0.4) is 0 Å². The standard InChI is InChI=1S/C17H26F3N3O3/c1-16(2,3)25-15(24)21-12-8-6-4-5-7-11(9-10-12)13-22-14(26-23-13)17(18,19)20/h11-12H,4-10H2,1-3H3,(H,21,24).